The number of hydrogen-bond donors (Lipinski definition) is 0. The molecule has 0 aliphatic rings. The van der Waals surface area contributed by atoms with Gasteiger partial charge >= 0.3 is 5.97 Å². The Balaban J connectivity index is 1.93. The zero-order valence-corrected chi connectivity index (χ0v) is 14.4. The van der Waals surface area contributed by atoms with E-state index in [1.54, 1.807) is 32.7 Å². The Morgan fingerprint density at radius 1 is 1.00 bits per heavy atom. The van der Waals surface area contributed by atoms with Crippen LogP contribution in [0.25, 0.3) is 10.8 Å². The highest BCUT2D eigenvalue weighted by atomic mass is 16.5. The molecule has 0 fully saturated rings. The van der Waals surface area contributed by atoms with Crippen LogP contribution in [-0.4, -0.2) is 25.2 Å². The summed E-state index contributed by atoms with van der Waals surface area (Å²) in [6.45, 7) is 1.83. The molecule has 3 rings (SSSR count). The number of carbonyl (C=O) groups is 1. The number of esters is 1. The molecule has 1 atom stereocenters. The van der Waals surface area contributed by atoms with Crippen LogP contribution in [0, 0.1) is 0 Å². The molecule has 0 saturated carbocycles. The van der Waals surface area contributed by atoms with Crippen molar-refractivity contribution in [3.8, 4) is 11.5 Å². The average Bonchev–Trinajstić information content (AvgIpc) is 2.66. The fourth-order valence-corrected chi connectivity index (χ4v) is 2.71. The molecule has 5 nitrogen and oxygen atoms in total. The topological polar surface area (TPSA) is 57.7 Å². The number of fused-ring (bicyclic) bond motifs is 1. The minimum atomic E-state index is -0.432. The van der Waals surface area contributed by atoms with E-state index in [9.17, 15) is 4.79 Å². The normalized spacial score (nSPS) is 11.8. The lowest BCUT2D eigenvalue weighted by atomic mass is 10.0. The number of carbonyl (C=O) groups excluding carboxylic acids is 1. The van der Waals surface area contributed by atoms with Gasteiger partial charge in [-0.05, 0) is 54.3 Å². The number of pyridine rings is 1. The van der Waals surface area contributed by atoms with Gasteiger partial charge in [-0.1, -0.05) is 6.07 Å². The number of benzene rings is 2. The Hall–Kier alpha value is -3.08. The molecule has 0 N–H and O–H groups in total. The fraction of sp³-hybridized carbons (Fsp3) is 0.200. The first-order chi connectivity index (χ1) is 12.1. The van der Waals surface area contributed by atoms with E-state index in [4.69, 9.17) is 14.2 Å². The summed E-state index contributed by atoms with van der Waals surface area (Å²) < 4.78 is 16.3. The van der Waals surface area contributed by atoms with E-state index in [1.807, 2.05) is 43.3 Å². The molecule has 0 spiro atoms. The van der Waals surface area contributed by atoms with E-state index in [2.05, 4.69) is 4.98 Å². The SMILES string of the molecule is COc1ccc2c(OC)c(C(=O)O[C@@H](C)c3ccncc3)ccc2c1. The summed E-state index contributed by atoms with van der Waals surface area (Å²) in [5, 5.41) is 1.75. The van der Waals surface area contributed by atoms with E-state index in [0.717, 1.165) is 22.1 Å². The summed E-state index contributed by atoms with van der Waals surface area (Å²) in [5.41, 5.74) is 1.27. The Bertz CT molecular complexity index is 893. The molecule has 0 radical (unpaired) electrons. The summed E-state index contributed by atoms with van der Waals surface area (Å²) in [7, 11) is 3.16. The third-order valence-electron chi connectivity index (χ3n) is 4.06. The Kier molecular flexibility index (Phi) is 4.84. The zero-order chi connectivity index (χ0) is 17.8. The summed E-state index contributed by atoms with van der Waals surface area (Å²) in [4.78, 5) is 16.6. The Labute approximate surface area is 146 Å². The summed E-state index contributed by atoms with van der Waals surface area (Å²) >= 11 is 0. The van der Waals surface area contributed by atoms with Gasteiger partial charge in [0.25, 0.3) is 0 Å². The highest BCUT2D eigenvalue weighted by Crippen LogP contribution is 2.33. The van der Waals surface area contributed by atoms with Gasteiger partial charge < -0.3 is 14.2 Å². The lowest BCUT2D eigenvalue weighted by molar-refractivity contribution is 0.0334. The number of ether oxygens (including phenoxy) is 3. The molecule has 5 heteroatoms. The molecule has 0 unspecified atom stereocenters. The molecular weight excluding hydrogens is 318 g/mol. The number of hydrogen-bond acceptors (Lipinski definition) is 5. The maximum atomic E-state index is 12.6. The molecule has 0 saturated heterocycles. The van der Waals surface area contributed by atoms with E-state index in [1.165, 1.54) is 0 Å². The lowest BCUT2D eigenvalue weighted by Crippen LogP contribution is -2.10. The van der Waals surface area contributed by atoms with E-state index in [0.29, 0.717) is 11.3 Å². The summed E-state index contributed by atoms with van der Waals surface area (Å²) in [6, 6.07) is 12.8. The quantitative estimate of drug-likeness (QED) is 0.654. The van der Waals surface area contributed by atoms with Crippen molar-refractivity contribution in [2.75, 3.05) is 14.2 Å². The van der Waals surface area contributed by atoms with E-state index < -0.39 is 5.97 Å². The average molecular weight is 337 g/mol. The minimum Gasteiger partial charge on any atom is -0.497 e. The molecule has 2 aromatic carbocycles. The number of methoxy groups -OCH3 is 2. The first-order valence-electron chi connectivity index (χ1n) is 7.89. The molecule has 0 aliphatic heterocycles. The molecule has 1 aromatic heterocycles. The van der Waals surface area contributed by atoms with Gasteiger partial charge in [0.2, 0.25) is 0 Å². The first kappa shape index (κ1) is 16.8. The van der Waals surface area contributed by atoms with Crippen molar-refractivity contribution in [3.05, 3.63) is 66.0 Å². The van der Waals surface area contributed by atoms with Gasteiger partial charge in [0.05, 0.1) is 14.2 Å². The van der Waals surface area contributed by atoms with Crippen molar-refractivity contribution in [2.45, 2.75) is 13.0 Å². The van der Waals surface area contributed by atoms with E-state index in [-0.39, 0.29) is 6.10 Å². The van der Waals surface area contributed by atoms with Crippen LogP contribution >= 0.6 is 0 Å². The molecular formula is C20H19NO4. The van der Waals surface area contributed by atoms with Crippen LogP contribution in [0.4, 0.5) is 0 Å². The third-order valence-corrected chi connectivity index (χ3v) is 4.06. The molecule has 1 heterocycles. The molecule has 0 amide bonds. The predicted molar refractivity (Wildman–Crippen MR) is 95.1 cm³/mol. The molecule has 0 bridgehead atoms. The molecule has 3 aromatic rings. The maximum Gasteiger partial charge on any atom is 0.342 e. The Morgan fingerprint density at radius 3 is 2.44 bits per heavy atom. The van der Waals surface area contributed by atoms with Crippen molar-refractivity contribution in [3.63, 3.8) is 0 Å². The van der Waals surface area contributed by atoms with Crippen molar-refractivity contribution >= 4 is 16.7 Å². The summed E-state index contributed by atoms with van der Waals surface area (Å²) in [5.74, 6) is 0.808. The van der Waals surface area contributed by atoms with Crippen LogP contribution < -0.4 is 9.47 Å². The fourth-order valence-electron chi connectivity index (χ4n) is 2.71. The van der Waals surface area contributed by atoms with Crippen LogP contribution in [0.2, 0.25) is 0 Å². The maximum absolute atomic E-state index is 12.6. The minimum absolute atomic E-state index is 0.383. The second-order valence-electron chi connectivity index (χ2n) is 5.56. The standard InChI is InChI=1S/C20H19NO4/c1-13(14-8-10-21-11-9-14)25-20(22)18-6-4-15-12-16(23-2)5-7-17(15)19(18)24-3/h4-13H,1-3H3/t13-/m0/s1. The summed E-state index contributed by atoms with van der Waals surface area (Å²) in [6.07, 6.45) is 2.96. The second kappa shape index (κ2) is 7.21. The van der Waals surface area contributed by atoms with Crippen molar-refractivity contribution in [1.82, 2.24) is 4.98 Å². The lowest BCUT2D eigenvalue weighted by Gasteiger charge is -2.16. The van der Waals surface area contributed by atoms with Gasteiger partial charge in [0.15, 0.2) is 0 Å². The highest BCUT2D eigenvalue weighted by molar-refractivity contribution is 6.01. The van der Waals surface area contributed by atoms with E-state index >= 15 is 0 Å². The van der Waals surface area contributed by atoms with Crippen LogP contribution in [-0.2, 0) is 4.74 Å². The third kappa shape index (κ3) is 3.40. The van der Waals surface area contributed by atoms with Gasteiger partial charge in [-0.25, -0.2) is 4.79 Å². The zero-order valence-electron chi connectivity index (χ0n) is 14.4. The van der Waals surface area contributed by atoms with Crippen LogP contribution in [0.15, 0.2) is 54.9 Å². The first-order valence-corrected chi connectivity index (χ1v) is 7.89. The smallest absolute Gasteiger partial charge is 0.342 e. The van der Waals surface area contributed by atoms with Crippen LogP contribution in [0.1, 0.15) is 28.9 Å². The number of aromatic nitrogens is 1. The monoisotopic (exact) mass is 337 g/mol. The van der Waals surface area contributed by atoms with Gasteiger partial charge in [-0.2, -0.15) is 0 Å². The van der Waals surface area contributed by atoms with Crippen LogP contribution in [0.3, 0.4) is 0 Å². The highest BCUT2D eigenvalue weighted by Gasteiger charge is 2.19. The van der Waals surface area contributed by atoms with Gasteiger partial charge in [-0.15, -0.1) is 0 Å². The van der Waals surface area contributed by atoms with Gasteiger partial charge in [0.1, 0.15) is 23.2 Å². The molecule has 128 valence electrons. The molecule has 0 aliphatic carbocycles. The number of nitrogens with zero attached hydrogens (tertiary/aromatic N) is 1. The largest absolute Gasteiger partial charge is 0.497 e. The van der Waals surface area contributed by atoms with Gasteiger partial charge in [-0.3, -0.25) is 4.98 Å². The van der Waals surface area contributed by atoms with Gasteiger partial charge in [0, 0.05) is 17.8 Å². The van der Waals surface area contributed by atoms with Crippen LogP contribution in [0.5, 0.6) is 11.5 Å². The van der Waals surface area contributed by atoms with Crippen molar-refractivity contribution < 1.29 is 19.0 Å². The Morgan fingerprint density at radius 2 is 1.76 bits per heavy atom. The predicted octanol–water partition coefficient (Wildman–Crippen LogP) is 4.17. The van der Waals surface area contributed by atoms with Crippen molar-refractivity contribution in [1.29, 1.82) is 0 Å². The molecule has 25 heavy (non-hydrogen) atoms. The number of rotatable bonds is 5. The van der Waals surface area contributed by atoms with Crippen molar-refractivity contribution in [2.24, 2.45) is 0 Å². The second-order valence-corrected chi connectivity index (χ2v) is 5.56.